The molecular weight excluding hydrogens is 270 g/mol. The molecule has 0 aliphatic heterocycles. The van der Waals surface area contributed by atoms with Crippen molar-refractivity contribution in [3.63, 3.8) is 0 Å². The molecule has 0 radical (unpaired) electrons. The highest BCUT2D eigenvalue weighted by Crippen LogP contribution is 2.11. The van der Waals surface area contributed by atoms with Crippen molar-refractivity contribution >= 4 is 23.4 Å². The fraction of sp³-hybridized carbons (Fsp3) is 0.167. The van der Waals surface area contributed by atoms with Crippen LogP contribution in [0.3, 0.4) is 0 Å². The van der Waals surface area contributed by atoms with Gasteiger partial charge in [-0.15, -0.1) is 5.10 Å². The van der Waals surface area contributed by atoms with Crippen LogP contribution in [0.4, 0.5) is 0 Å². The number of hydrogen-bond donors (Lipinski definition) is 0. The van der Waals surface area contributed by atoms with Crippen LogP contribution in [0.2, 0.25) is 5.02 Å². The van der Waals surface area contributed by atoms with Crippen molar-refractivity contribution in [2.45, 2.75) is 6.54 Å². The number of hydrogen-bond acceptors (Lipinski definition) is 5. The molecule has 0 saturated heterocycles. The Labute approximate surface area is 113 Å². The van der Waals surface area contributed by atoms with E-state index in [1.807, 2.05) is 0 Å². The van der Waals surface area contributed by atoms with Crippen LogP contribution in [0.15, 0.2) is 30.5 Å². The summed E-state index contributed by atoms with van der Waals surface area (Å²) in [5.74, 6) is -0.773. The van der Waals surface area contributed by atoms with Gasteiger partial charge in [0.25, 0.3) is 0 Å². The van der Waals surface area contributed by atoms with E-state index in [0.717, 1.165) is 0 Å². The highest BCUT2D eigenvalue weighted by molar-refractivity contribution is 6.31. The summed E-state index contributed by atoms with van der Waals surface area (Å²) in [6.45, 7) is -0.0235. The van der Waals surface area contributed by atoms with E-state index in [1.54, 1.807) is 24.3 Å². The Morgan fingerprint density at radius 1 is 1.42 bits per heavy atom. The van der Waals surface area contributed by atoms with Crippen molar-refractivity contribution in [3.8, 4) is 0 Å². The van der Waals surface area contributed by atoms with E-state index >= 15 is 0 Å². The largest absolute Gasteiger partial charge is 0.464 e. The van der Waals surface area contributed by atoms with Gasteiger partial charge in [0, 0.05) is 10.6 Å². The van der Waals surface area contributed by atoms with Gasteiger partial charge >= 0.3 is 5.97 Å². The fourth-order valence-electron chi connectivity index (χ4n) is 1.47. The highest BCUT2D eigenvalue weighted by atomic mass is 35.5. The first kappa shape index (κ1) is 13.2. The van der Waals surface area contributed by atoms with Crippen molar-refractivity contribution in [1.29, 1.82) is 0 Å². The van der Waals surface area contributed by atoms with Crippen molar-refractivity contribution in [3.05, 3.63) is 46.7 Å². The molecule has 0 spiro atoms. The molecule has 0 atom stereocenters. The number of esters is 1. The van der Waals surface area contributed by atoms with Crippen molar-refractivity contribution in [2.75, 3.05) is 7.11 Å². The predicted octanol–water partition coefficient (Wildman–Crippen LogP) is 1.60. The maximum absolute atomic E-state index is 12.0. The number of ether oxygens (including phenoxy) is 1. The molecule has 0 amide bonds. The van der Waals surface area contributed by atoms with Crippen LogP contribution in [-0.2, 0) is 11.3 Å². The Morgan fingerprint density at radius 2 is 2.21 bits per heavy atom. The van der Waals surface area contributed by atoms with Gasteiger partial charge in [-0.2, -0.15) is 0 Å². The quantitative estimate of drug-likeness (QED) is 0.628. The molecule has 0 N–H and O–H groups in total. The lowest BCUT2D eigenvalue weighted by molar-refractivity contribution is 0.0593. The summed E-state index contributed by atoms with van der Waals surface area (Å²) in [5.41, 5.74) is 0.531. The standard InChI is InChI=1S/C12H10ClN3O3/c1-19-12(18)10-6-16(15-14-10)7-11(17)8-3-2-4-9(13)5-8/h2-6H,7H2,1H3. The molecular formula is C12H10ClN3O3. The van der Waals surface area contributed by atoms with Crippen LogP contribution in [-0.4, -0.2) is 33.9 Å². The summed E-state index contributed by atoms with van der Waals surface area (Å²) in [7, 11) is 1.25. The van der Waals surface area contributed by atoms with E-state index in [9.17, 15) is 9.59 Å². The van der Waals surface area contributed by atoms with E-state index in [4.69, 9.17) is 11.6 Å². The molecule has 6 nitrogen and oxygen atoms in total. The van der Waals surface area contributed by atoms with Crippen LogP contribution >= 0.6 is 11.6 Å². The second kappa shape index (κ2) is 5.62. The lowest BCUT2D eigenvalue weighted by atomic mass is 10.1. The zero-order chi connectivity index (χ0) is 13.8. The first-order valence-electron chi connectivity index (χ1n) is 5.37. The zero-order valence-corrected chi connectivity index (χ0v) is 10.8. The number of Topliss-reactive ketones (excluding diaryl/α,β-unsaturated/α-hetero) is 1. The molecule has 0 aliphatic carbocycles. The van der Waals surface area contributed by atoms with Gasteiger partial charge in [-0.1, -0.05) is 28.9 Å². The Hall–Kier alpha value is -2.21. The smallest absolute Gasteiger partial charge is 0.360 e. The second-order valence-corrected chi connectivity index (χ2v) is 4.16. The lowest BCUT2D eigenvalue weighted by Gasteiger charge is -2.01. The van der Waals surface area contributed by atoms with E-state index in [2.05, 4.69) is 15.0 Å². The third-order valence-electron chi connectivity index (χ3n) is 2.39. The van der Waals surface area contributed by atoms with E-state index in [1.165, 1.54) is 18.0 Å². The van der Waals surface area contributed by atoms with Gasteiger partial charge in [0.15, 0.2) is 11.5 Å². The van der Waals surface area contributed by atoms with Gasteiger partial charge in [0.05, 0.1) is 13.3 Å². The zero-order valence-electron chi connectivity index (χ0n) is 10.0. The van der Waals surface area contributed by atoms with Crippen molar-refractivity contribution < 1.29 is 14.3 Å². The topological polar surface area (TPSA) is 74.1 Å². The highest BCUT2D eigenvalue weighted by Gasteiger charge is 2.13. The number of rotatable bonds is 4. The monoisotopic (exact) mass is 279 g/mol. The average Bonchev–Trinajstić information content (AvgIpc) is 2.86. The third-order valence-corrected chi connectivity index (χ3v) is 2.62. The number of aromatic nitrogens is 3. The predicted molar refractivity (Wildman–Crippen MR) is 67.1 cm³/mol. The summed E-state index contributed by atoms with van der Waals surface area (Å²) in [6, 6.07) is 6.61. The van der Waals surface area contributed by atoms with Crippen molar-refractivity contribution in [1.82, 2.24) is 15.0 Å². The molecule has 98 valence electrons. The SMILES string of the molecule is COC(=O)c1cn(CC(=O)c2cccc(Cl)c2)nn1. The Balaban J connectivity index is 2.11. The van der Waals surface area contributed by atoms with Gasteiger partial charge < -0.3 is 4.74 Å². The van der Waals surface area contributed by atoms with Gasteiger partial charge in [0.1, 0.15) is 6.54 Å². The Bertz CT molecular complexity index is 624. The van der Waals surface area contributed by atoms with Gasteiger partial charge in [-0.05, 0) is 12.1 Å². The summed E-state index contributed by atoms with van der Waals surface area (Å²) in [5, 5.41) is 7.78. The normalized spacial score (nSPS) is 10.2. The fourth-order valence-corrected chi connectivity index (χ4v) is 1.66. The molecule has 0 fully saturated rings. The molecule has 1 aromatic heterocycles. The molecule has 0 unspecified atom stereocenters. The van der Waals surface area contributed by atoms with E-state index in [0.29, 0.717) is 10.6 Å². The molecule has 0 aliphatic rings. The second-order valence-electron chi connectivity index (χ2n) is 3.73. The van der Waals surface area contributed by atoms with E-state index in [-0.39, 0.29) is 18.0 Å². The Morgan fingerprint density at radius 3 is 2.89 bits per heavy atom. The number of nitrogens with zero attached hydrogens (tertiary/aromatic N) is 3. The van der Waals surface area contributed by atoms with Crippen LogP contribution < -0.4 is 0 Å². The van der Waals surface area contributed by atoms with Crippen LogP contribution in [0.5, 0.6) is 0 Å². The average molecular weight is 280 g/mol. The summed E-state index contributed by atoms with van der Waals surface area (Å²) in [6.07, 6.45) is 1.36. The van der Waals surface area contributed by atoms with Gasteiger partial charge in [-0.3, -0.25) is 4.79 Å². The molecule has 7 heteroatoms. The number of carbonyl (C=O) groups excluding carboxylic acids is 2. The van der Waals surface area contributed by atoms with Gasteiger partial charge in [0.2, 0.25) is 0 Å². The number of halogens is 1. The van der Waals surface area contributed by atoms with Crippen LogP contribution in [0, 0.1) is 0 Å². The number of carbonyl (C=O) groups is 2. The first-order chi connectivity index (χ1) is 9.10. The minimum absolute atomic E-state index is 0.0235. The van der Waals surface area contributed by atoms with E-state index < -0.39 is 5.97 Å². The lowest BCUT2D eigenvalue weighted by Crippen LogP contribution is -2.11. The number of benzene rings is 1. The molecule has 19 heavy (non-hydrogen) atoms. The van der Waals surface area contributed by atoms with Crippen LogP contribution in [0.25, 0.3) is 0 Å². The maximum atomic E-state index is 12.0. The molecule has 1 aromatic carbocycles. The molecule has 1 heterocycles. The summed E-state index contributed by atoms with van der Waals surface area (Å²) >= 11 is 5.81. The molecule has 2 rings (SSSR count). The number of methoxy groups -OCH3 is 1. The van der Waals surface area contributed by atoms with Crippen molar-refractivity contribution in [2.24, 2.45) is 0 Å². The third kappa shape index (κ3) is 3.17. The molecule has 0 saturated carbocycles. The minimum atomic E-state index is -0.596. The first-order valence-corrected chi connectivity index (χ1v) is 5.75. The summed E-state index contributed by atoms with van der Waals surface area (Å²) < 4.78 is 5.77. The minimum Gasteiger partial charge on any atom is -0.464 e. The number of ketones is 1. The Kier molecular flexibility index (Phi) is 3.91. The molecule has 0 bridgehead atoms. The maximum Gasteiger partial charge on any atom is 0.360 e. The molecule has 2 aromatic rings. The summed E-state index contributed by atoms with van der Waals surface area (Å²) in [4.78, 5) is 23.1. The van der Waals surface area contributed by atoms with Crippen LogP contribution in [0.1, 0.15) is 20.8 Å². The van der Waals surface area contributed by atoms with Gasteiger partial charge in [-0.25, -0.2) is 9.48 Å².